The van der Waals surface area contributed by atoms with E-state index in [0.717, 1.165) is 44.5 Å². The number of nitrogens with zero attached hydrogens (tertiary/aromatic N) is 3. The lowest BCUT2D eigenvalue weighted by atomic mass is 9.89. The minimum Gasteiger partial charge on any atom is -0.444 e. The van der Waals surface area contributed by atoms with Crippen LogP contribution in [-0.4, -0.2) is 46.0 Å². The number of likely N-dealkylation sites (tertiary alicyclic amines) is 1. The summed E-state index contributed by atoms with van der Waals surface area (Å²) in [6, 6.07) is 7.12. The predicted octanol–water partition coefficient (Wildman–Crippen LogP) is 3.82. The summed E-state index contributed by atoms with van der Waals surface area (Å²) in [6.45, 7) is 11.3. The van der Waals surface area contributed by atoms with Crippen LogP contribution in [0.1, 0.15) is 63.8 Å². The molecule has 0 saturated carbocycles. The summed E-state index contributed by atoms with van der Waals surface area (Å²) in [4.78, 5) is 14.1. The van der Waals surface area contributed by atoms with Gasteiger partial charge in [-0.2, -0.15) is 5.10 Å². The van der Waals surface area contributed by atoms with Crippen LogP contribution in [0, 0.1) is 0 Å². The third-order valence-electron chi connectivity index (χ3n) is 5.59. The Bertz CT molecular complexity index is 844. The highest BCUT2D eigenvalue weighted by Crippen LogP contribution is 2.32. The average Bonchev–Trinajstić information content (AvgIpc) is 3.00. The van der Waals surface area contributed by atoms with E-state index in [1.54, 1.807) is 0 Å². The monoisotopic (exact) mass is 370 g/mol. The number of hydrogen-bond donors (Lipinski definition) is 1. The van der Waals surface area contributed by atoms with Crippen molar-refractivity contribution in [3.8, 4) is 0 Å². The van der Waals surface area contributed by atoms with E-state index in [4.69, 9.17) is 9.84 Å². The molecular formula is C21H30N4O2. The number of amides is 1. The Labute approximate surface area is 160 Å². The Balaban J connectivity index is 1.47. The molecule has 27 heavy (non-hydrogen) atoms. The van der Waals surface area contributed by atoms with E-state index in [2.05, 4.69) is 35.1 Å². The van der Waals surface area contributed by atoms with Gasteiger partial charge in [0.15, 0.2) is 0 Å². The molecule has 2 aromatic rings. The van der Waals surface area contributed by atoms with Crippen molar-refractivity contribution in [3.63, 3.8) is 0 Å². The van der Waals surface area contributed by atoms with Gasteiger partial charge in [-0.25, -0.2) is 4.79 Å². The first-order valence-electron chi connectivity index (χ1n) is 10.0. The lowest BCUT2D eigenvalue weighted by Gasteiger charge is -2.33. The number of carbonyl (C=O) groups is 1. The minimum absolute atomic E-state index is 0.195. The highest BCUT2D eigenvalue weighted by Gasteiger charge is 2.28. The largest absolute Gasteiger partial charge is 0.444 e. The molecule has 2 aliphatic rings. The van der Waals surface area contributed by atoms with Crippen LogP contribution in [0.2, 0.25) is 0 Å². The normalized spacial score (nSPS) is 21.3. The number of fused-ring (bicyclic) bond motifs is 3. The first-order chi connectivity index (χ1) is 12.8. The van der Waals surface area contributed by atoms with Gasteiger partial charge in [-0.15, -0.1) is 0 Å². The Kier molecular flexibility index (Phi) is 4.62. The van der Waals surface area contributed by atoms with Gasteiger partial charge in [-0.1, -0.05) is 12.1 Å². The molecule has 2 aliphatic heterocycles. The zero-order chi connectivity index (χ0) is 19.2. The molecule has 1 aromatic carbocycles. The number of ether oxygens (including phenoxy) is 1. The molecule has 1 fully saturated rings. The van der Waals surface area contributed by atoms with Crippen molar-refractivity contribution >= 4 is 17.0 Å². The van der Waals surface area contributed by atoms with Crippen molar-refractivity contribution in [1.29, 1.82) is 0 Å². The molecule has 6 nitrogen and oxygen atoms in total. The Morgan fingerprint density at radius 2 is 2.00 bits per heavy atom. The molecule has 6 heteroatoms. The number of rotatable bonds is 1. The van der Waals surface area contributed by atoms with Gasteiger partial charge in [-0.05, 0) is 58.1 Å². The van der Waals surface area contributed by atoms with Gasteiger partial charge in [-0.3, -0.25) is 4.68 Å². The van der Waals surface area contributed by atoms with Gasteiger partial charge in [0, 0.05) is 31.6 Å². The van der Waals surface area contributed by atoms with E-state index in [0.29, 0.717) is 12.0 Å². The smallest absolute Gasteiger partial charge is 0.410 e. The van der Waals surface area contributed by atoms with Crippen LogP contribution in [0.25, 0.3) is 10.9 Å². The number of nitrogens with one attached hydrogen (secondary N) is 1. The summed E-state index contributed by atoms with van der Waals surface area (Å²) in [5.41, 5.74) is 3.27. The predicted molar refractivity (Wildman–Crippen MR) is 106 cm³/mol. The van der Waals surface area contributed by atoms with Crippen LogP contribution in [-0.2, 0) is 11.3 Å². The molecule has 1 atom stereocenters. The Hall–Kier alpha value is -2.08. The number of piperidine rings is 1. The van der Waals surface area contributed by atoms with Gasteiger partial charge in [0.05, 0.1) is 17.3 Å². The first-order valence-corrected chi connectivity index (χ1v) is 10.0. The fraction of sp³-hybridized carbons (Fsp3) is 0.619. The van der Waals surface area contributed by atoms with E-state index < -0.39 is 5.60 Å². The fourth-order valence-corrected chi connectivity index (χ4v) is 4.18. The Morgan fingerprint density at radius 3 is 2.70 bits per heavy atom. The number of hydrogen-bond acceptors (Lipinski definition) is 4. The topological polar surface area (TPSA) is 59.4 Å². The molecule has 0 radical (unpaired) electrons. The van der Waals surface area contributed by atoms with Crippen LogP contribution < -0.4 is 5.32 Å². The molecule has 1 aromatic heterocycles. The second-order valence-corrected chi connectivity index (χ2v) is 8.89. The molecule has 1 N–H and O–H groups in total. The average molecular weight is 370 g/mol. The number of carbonyl (C=O) groups excluding carboxylic acids is 1. The number of benzene rings is 1. The third kappa shape index (κ3) is 3.68. The maximum Gasteiger partial charge on any atom is 0.410 e. The van der Waals surface area contributed by atoms with E-state index in [-0.39, 0.29) is 6.09 Å². The maximum absolute atomic E-state index is 12.3. The summed E-state index contributed by atoms with van der Waals surface area (Å²) in [7, 11) is 0. The van der Waals surface area contributed by atoms with Crippen LogP contribution in [0.4, 0.5) is 4.79 Å². The van der Waals surface area contributed by atoms with Crippen molar-refractivity contribution in [3.05, 3.63) is 29.5 Å². The lowest BCUT2D eigenvalue weighted by Crippen LogP contribution is -2.41. The highest BCUT2D eigenvalue weighted by molar-refractivity contribution is 5.82. The van der Waals surface area contributed by atoms with Gasteiger partial charge < -0.3 is 15.0 Å². The summed E-state index contributed by atoms with van der Waals surface area (Å²) in [6.07, 6.45) is 1.74. The van der Waals surface area contributed by atoms with Crippen LogP contribution in [0.15, 0.2) is 18.2 Å². The van der Waals surface area contributed by atoms with Crippen molar-refractivity contribution in [2.75, 3.05) is 19.6 Å². The molecule has 0 unspecified atom stereocenters. The van der Waals surface area contributed by atoms with Crippen molar-refractivity contribution in [2.24, 2.45) is 0 Å². The Morgan fingerprint density at radius 1 is 1.26 bits per heavy atom. The van der Waals surface area contributed by atoms with E-state index >= 15 is 0 Å². The number of aromatic nitrogens is 2. The fourth-order valence-electron chi connectivity index (χ4n) is 4.18. The molecule has 4 rings (SSSR count). The molecule has 0 bridgehead atoms. The second kappa shape index (κ2) is 6.82. The van der Waals surface area contributed by atoms with Crippen LogP contribution in [0.3, 0.4) is 0 Å². The lowest BCUT2D eigenvalue weighted by molar-refractivity contribution is 0.0205. The van der Waals surface area contributed by atoms with Crippen molar-refractivity contribution < 1.29 is 9.53 Å². The minimum atomic E-state index is -0.439. The molecule has 0 aliphatic carbocycles. The quantitative estimate of drug-likeness (QED) is 0.829. The van der Waals surface area contributed by atoms with Gasteiger partial charge in [0.25, 0.3) is 0 Å². The van der Waals surface area contributed by atoms with Gasteiger partial charge in [0.2, 0.25) is 0 Å². The summed E-state index contributed by atoms with van der Waals surface area (Å²) < 4.78 is 7.68. The molecule has 1 saturated heterocycles. The van der Waals surface area contributed by atoms with E-state index in [1.807, 2.05) is 25.7 Å². The summed E-state index contributed by atoms with van der Waals surface area (Å²) in [5, 5.41) is 9.59. The van der Waals surface area contributed by atoms with Crippen molar-refractivity contribution in [1.82, 2.24) is 20.0 Å². The zero-order valence-corrected chi connectivity index (χ0v) is 16.8. The van der Waals surface area contributed by atoms with Gasteiger partial charge in [0.1, 0.15) is 5.60 Å². The summed E-state index contributed by atoms with van der Waals surface area (Å²) >= 11 is 0. The zero-order valence-electron chi connectivity index (χ0n) is 16.8. The summed E-state index contributed by atoms with van der Waals surface area (Å²) in [5.74, 6) is 0.474. The SMILES string of the molecule is C[C@@H]1CNCc2c3ccc(C4CCN(C(=O)OC(C)(C)C)CC4)cc3nn21. The molecule has 3 heterocycles. The van der Waals surface area contributed by atoms with Crippen LogP contribution >= 0.6 is 0 Å². The molecule has 146 valence electrons. The first kappa shape index (κ1) is 18.3. The van der Waals surface area contributed by atoms with E-state index in [1.165, 1.54) is 16.6 Å². The molecular weight excluding hydrogens is 340 g/mol. The third-order valence-corrected chi connectivity index (χ3v) is 5.59. The second-order valence-electron chi connectivity index (χ2n) is 8.89. The van der Waals surface area contributed by atoms with Crippen molar-refractivity contribution in [2.45, 2.75) is 64.6 Å². The highest BCUT2D eigenvalue weighted by atomic mass is 16.6. The molecule has 1 amide bonds. The molecule has 0 spiro atoms. The maximum atomic E-state index is 12.3. The van der Waals surface area contributed by atoms with E-state index in [9.17, 15) is 4.79 Å². The standard InChI is InChI=1S/C21H30N4O2/c1-14-12-22-13-19-17-6-5-16(11-18(17)23-25(14)19)15-7-9-24(10-8-15)20(26)27-21(2,3)4/h5-6,11,14-15,22H,7-10,12-13H2,1-4H3/t14-/m1/s1. The van der Waals surface area contributed by atoms with Crippen LogP contribution in [0.5, 0.6) is 0 Å². The van der Waals surface area contributed by atoms with Gasteiger partial charge >= 0.3 is 6.09 Å².